The highest BCUT2D eigenvalue weighted by Crippen LogP contribution is 2.37. The number of benzene rings is 3. The number of ether oxygens (including phenoxy) is 2. The van der Waals surface area contributed by atoms with Gasteiger partial charge in [0.2, 0.25) is 0 Å². The number of methoxy groups -OCH3 is 1. The number of aliphatic imine (C=N–C) groups is 1. The molecule has 0 saturated carbocycles. The molecule has 0 aliphatic carbocycles. The van der Waals surface area contributed by atoms with Crippen LogP contribution in [-0.4, -0.2) is 13.4 Å². The summed E-state index contributed by atoms with van der Waals surface area (Å²) >= 11 is 6.46. The molecule has 0 radical (unpaired) electrons. The standard InChI is InChI=1S/C22H21ClN4O2/c1-28-17-4-2-3-14(9-17)12-29-21-8-6-16(11-19(21)23)27-13-26-20-7-5-15(24)10-18(20)22(27)25/h2-11,13,22H,12,24-25H2,1H3. The van der Waals surface area contributed by atoms with Crippen molar-refractivity contribution in [3.63, 3.8) is 0 Å². The van der Waals surface area contributed by atoms with Gasteiger partial charge in [0, 0.05) is 16.9 Å². The summed E-state index contributed by atoms with van der Waals surface area (Å²) in [5.41, 5.74) is 16.5. The molecule has 0 aromatic heterocycles. The van der Waals surface area contributed by atoms with Gasteiger partial charge >= 0.3 is 0 Å². The van der Waals surface area contributed by atoms with Gasteiger partial charge in [-0.05, 0) is 54.1 Å². The molecule has 1 atom stereocenters. The van der Waals surface area contributed by atoms with Gasteiger partial charge in [-0.1, -0.05) is 23.7 Å². The Hall–Kier alpha value is -3.22. The van der Waals surface area contributed by atoms with Crippen LogP contribution in [0.3, 0.4) is 0 Å². The second-order valence-electron chi connectivity index (χ2n) is 6.67. The zero-order valence-electron chi connectivity index (χ0n) is 15.9. The maximum Gasteiger partial charge on any atom is 0.138 e. The van der Waals surface area contributed by atoms with Crippen molar-refractivity contribution in [2.24, 2.45) is 10.7 Å². The highest BCUT2D eigenvalue weighted by Gasteiger charge is 2.23. The number of halogens is 1. The molecule has 1 unspecified atom stereocenters. The fourth-order valence-electron chi connectivity index (χ4n) is 3.19. The van der Waals surface area contributed by atoms with Crippen LogP contribution >= 0.6 is 11.6 Å². The molecule has 148 valence electrons. The van der Waals surface area contributed by atoms with Crippen LogP contribution in [0.2, 0.25) is 5.02 Å². The first-order valence-corrected chi connectivity index (χ1v) is 9.46. The molecule has 0 bridgehead atoms. The van der Waals surface area contributed by atoms with Crippen LogP contribution in [-0.2, 0) is 6.61 Å². The van der Waals surface area contributed by atoms with Crippen molar-refractivity contribution in [2.75, 3.05) is 17.7 Å². The average molecular weight is 409 g/mol. The van der Waals surface area contributed by atoms with Crippen LogP contribution in [0.25, 0.3) is 0 Å². The molecular formula is C22H21ClN4O2. The van der Waals surface area contributed by atoms with E-state index in [-0.39, 0.29) is 0 Å². The predicted molar refractivity (Wildman–Crippen MR) is 117 cm³/mol. The van der Waals surface area contributed by atoms with Crippen molar-refractivity contribution in [1.82, 2.24) is 0 Å². The molecule has 0 amide bonds. The Bertz CT molecular complexity index is 1070. The number of nitrogens with zero attached hydrogens (tertiary/aromatic N) is 2. The number of nitrogen functional groups attached to an aromatic ring is 1. The lowest BCUT2D eigenvalue weighted by Gasteiger charge is -2.31. The summed E-state index contributed by atoms with van der Waals surface area (Å²) in [7, 11) is 1.64. The number of hydrogen-bond acceptors (Lipinski definition) is 6. The third-order valence-electron chi connectivity index (χ3n) is 4.73. The van der Waals surface area contributed by atoms with Crippen molar-refractivity contribution >= 4 is 35.0 Å². The minimum absolute atomic E-state index is 0.383. The lowest BCUT2D eigenvalue weighted by Crippen LogP contribution is -2.35. The summed E-state index contributed by atoms with van der Waals surface area (Å²) in [6.07, 6.45) is 1.29. The highest BCUT2D eigenvalue weighted by atomic mass is 35.5. The van der Waals surface area contributed by atoms with E-state index in [1.807, 2.05) is 65.6 Å². The summed E-state index contributed by atoms with van der Waals surface area (Å²) in [4.78, 5) is 6.31. The van der Waals surface area contributed by atoms with Crippen molar-refractivity contribution in [3.8, 4) is 11.5 Å². The molecule has 1 aliphatic heterocycles. The SMILES string of the molecule is COc1cccc(COc2ccc(N3C=Nc4ccc(N)cc4C3N)cc2Cl)c1. The molecule has 4 N–H and O–H groups in total. The zero-order chi connectivity index (χ0) is 20.4. The zero-order valence-corrected chi connectivity index (χ0v) is 16.6. The molecule has 7 heteroatoms. The molecule has 3 aromatic rings. The Morgan fingerprint density at radius 2 is 1.97 bits per heavy atom. The fraction of sp³-hybridized carbons (Fsp3) is 0.136. The van der Waals surface area contributed by atoms with Crippen LogP contribution in [0, 0.1) is 0 Å². The van der Waals surface area contributed by atoms with Crippen molar-refractivity contribution in [3.05, 3.63) is 76.8 Å². The normalized spacial score (nSPS) is 15.1. The van der Waals surface area contributed by atoms with Crippen molar-refractivity contribution in [1.29, 1.82) is 0 Å². The highest BCUT2D eigenvalue weighted by molar-refractivity contribution is 6.32. The maximum atomic E-state index is 6.46. The van der Waals surface area contributed by atoms with Gasteiger partial charge in [-0.3, -0.25) is 0 Å². The summed E-state index contributed by atoms with van der Waals surface area (Å²) in [5, 5.41) is 0.490. The van der Waals surface area contributed by atoms with E-state index in [2.05, 4.69) is 4.99 Å². The van der Waals surface area contributed by atoms with Crippen molar-refractivity contribution in [2.45, 2.75) is 12.8 Å². The van der Waals surface area contributed by atoms with Crippen LogP contribution < -0.4 is 25.8 Å². The van der Waals surface area contributed by atoms with E-state index in [0.717, 1.165) is 28.3 Å². The number of anilines is 2. The van der Waals surface area contributed by atoms with E-state index < -0.39 is 6.17 Å². The number of hydrogen-bond donors (Lipinski definition) is 2. The van der Waals surface area contributed by atoms with Gasteiger partial charge in [0.25, 0.3) is 0 Å². The van der Waals surface area contributed by atoms with E-state index >= 15 is 0 Å². The first-order chi connectivity index (χ1) is 14.0. The average Bonchev–Trinajstić information content (AvgIpc) is 2.74. The van der Waals surface area contributed by atoms with Crippen LogP contribution in [0.5, 0.6) is 11.5 Å². The molecule has 4 rings (SSSR count). The molecular weight excluding hydrogens is 388 g/mol. The van der Waals surface area contributed by atoms with Gasteiger partial charge in [-0.25, -0.2) is 4.99 Å². The van der Waals surface area contributed by atoms with Gasteiger partial charge in [-0.15, -0.1) is 0 Å². The van der Waals surface area contributed by atoms with E-state index in [0.29, 0.717) is 23.1 Å². The van der Waals surface area contributed by atoms with Gasteiger partial charge in [-0.2, -0.15) is 0 Å². The predicted octanol–water partition coefficient (Wildman–Crippen LogP) is 4.65. The number of rotatable bonds is 5. The van der Waals surface area contributed by atoms with E-state index in [1.165, 1.54) is 0 Å². The Labute approximate surface area is 174 Å². The first-order valence-electron chi connectivity index (χ1n) is 9.08. The molecule has 0 spiro atoms. The Morgan fingerprint density at radius 3 is 2.76 bits per heavy atom. The topological polar surface area (TPSA) is 86.1 Å². The minimum atomic E-state index is -0.411. The molecule has 6 nitrogen and oxygen atoms in total. The van der Waals surface area contributed by atoms with Crippen molar-refractivity contribution < 1.29 is 9.47 Å². The third kappa shape index (κ3) is 3.99. The smallest absolute Gasteiger partial charge is 0.138 e. The van der Waals surface area contributed by atoms with Crippen LogP contribution in [0.15, 0.2) is 65.7 Å². The van der Waals surface area contributed by atoms with Gasteiger partial charge < -0.3 is 25.8 Å². The molecule has 1 aliphatic rings. The quantitative estimate of drug-likeness (QED) is 0.600. The van der Waals surface area contributed by atoms with Gasteiger partial charge in [0.05, 0.1) is 24.2 Å². The molecule has 29 heavy (non-hydrogen) atoms. The van der Waals surface area contributed by atoms with E-state index in [1.54, 1.807) is 13.4 Å². The number of nitrogens with two attached hydrogens (primary N) is 2. The Balaban J connectivity index is 1.51. The Morgan fingerprint density at radius 1 is 1.10 bits per heavy atom. The van der Waals surface area contributed by atoms with Gasteiger partial charge in [0.15, 0.2) is 0 Å². The molecule has 0 saturated heterocycles. The van der Waals surface area contributed by atoms with Crippen LogP contribution in [0.4, 0.5) is 17.1 Å². The number of fused-ring (bicyclic) bond motifs is 1. The lowest BCUT2D eigenvalue weighted by atomic mass is 10.1. The monoisotopic (exact) mass is 408 g/mol. The van der Waals surface area contributed by atoms with Crippen LogP contribution in [0.1, 0.15) is 17.3 Å². The first kappa shape index (κ1) is 19.1. The summed E-state index contributed by atoms with van der Waals surface area (Å²) in [6, 6.07) is 18.8. The van der Waals surface area contributed by atoms with E-state index in [4.69, 9.17) is 32.5 Å². The summed E-state index contributed by atoms with van der Waals surface area (Å²) in [6.45, 7) is 0.383. The second kappa shape index (κ2) is 8.03. The molecule has 3 aromatic carbocycles. The third-order valence-corrected chi connectivity index (χ3v) is 5.03. The maximum absolute atomic E-state index is 6.46. The van der Waals surface area contributed by atoms with Gasteiger partial charge in [0.1, 0.15) is 24.3 Å². The second-order valence-corrected chi connectivity index (χ2v) is 7.08. The fourth-order valence-corrected chi connectivity index (χ4v) is 3.42. The molecule has 0 fully saturated rings. The lowest BCUT2D eigenvalue weighted by molar-refractivity contribution is 0.305. The summed E-state index contributed by atoms with van der Waals surface area (Å²) in [5.74, 6) is 1.37. The summed E-state index contributed by atoms with van der Waals surface area (Å²) < 4.78 is 11.1. The Kier molecular flexibility index (Phi) is 5.29. The van der Waals surface area contributed by atoms with E-state index in [9.17, 15) is 0 Å². The molecule has 1 heterocycles. The largest absolute Gasteiger partial charge is 0.497 e. The minimum Gasteiger partial charge on any atom is -0.497 e.